The molecular weight excluding hydrogens is 470 g/mol. The van der Waals surface area contributed by atoms with Crippen LogP contribution >= 0.6 is 22.9 Å². The third-order valence-corrected chi connectivity index (χ3v) is 7.52. The van der Waals surface area contributed by atoms with Gasteiger partial charge in [0.25, 0.3) is 0 Å². The second-order valence-electron chi connectivity index (χ2n) is 8.31. The first-order valence-corrected chi connectivity index (χ1v) is 12.1. The fraction of sp³-hybridized carbons (Fsp3) is 0.231. The Morgan fingerprint density at radius 3 is 2.71 bits per heavy atom. The molecule has 0 aliphatic carbocycles. The predicted octanol–water partition coefficient (Wildman–Crippen LogP) is 5.44. The van der Waals surface area contributed by atoms with Gasteiger partial charge in [0, 0.05) is 52.3 Å². The summed E-state index contributed by atoms with van der Waals surface area (Å²) in [7, 11) is 5.34. The molecule has 34 heavy (non-hydrogen) atoms. The molecule has 0 unspecified atom stereocenters. The van der Waals surface area contributed by atoms with E-state index in [0.29, 0.717) is 32.6 Å². The van der Waals surface area contributed by atoms with Crippen molar-refractivity contribution in [1.82, 2.24) is 9.88 Å². The first-order valence-electron chi connectivity index (χ1n) is 10.9. The molecule has 2 aromatic carbocycles. The van der Waals surface area contributed by atoms with E-state index >= 15 is 0 Å². The number of likely N-dealkylation sites (N-methyl/N-ethyl adjacent to an activating group) is 1. The summed E-state index contributed by atoms with van der Waals surface area (Å²) in [4.78, 5) is 21.9. The van der Waals surface area contributed by atoms with Gasteiger partial charge in [-0.1, -0.05) is 35.9 Å². The summed E-state index contributed by atoms with van der Waals surface area (Å²) in [5.41, 5.74) is 11.6. The van der Waals surface area contributed by atoms with Gasteiger partial charge in [-0.05, 0) is 30.8 Å². The fourth-order valence-corrected chi connectivity index (χ4v) is 5.85. The predicted molar refractivity (Wildman–Crippen MR) is 137 cm³/mol. The molecule has 1 aliphatic heterocycles. The lowest BCUT2D eigenvalue weighted by atomic mass is 9.91. The van der Waals surface area contributed by atoms with Crippen LogP contribution in [0.5, 0.6) is 11.5 Å². The number of carbonyl (C=O) groups is 1. The Bertz CT molecular complexity index is 1430. The van der Waals surface area contributed by atoms with Crippen LogP contribution in [-0.4, -0.2) is 43.5 Å². The largest absolute Gasteiger partial charge is 0.493 e. The van der Waals surface area contributed by atoms with Gasteiger partial charge < -0.3 is 20.1 Å². The van der Waals surface area contributed by atoms with E-state index in [-0.39, 0.29) is 5.78 Å². The van der Waals surface area contributed by atoms with Crippen molar-refractivity contribution in [3.05, 3.63) is 69.2 Å². The minimum Gasteiger partial charge on any atom is -0.493 e. The van der Waals surface area contributed by atoms with E-state index in [1.54, 1.807) is 38.5 Å². The van der Waals surface area contributed by atoms with Gasteiger partial charge in [-0.3, -0.25) is 4.79 Å². The fourth-order valence-electron chi connectivity index (χ4n) is 4.57. The summed E-state index contributed by atoms with van der Waals surface area (Å²) in [5, 5.41) is 1.28. The molecule has 0 fully saturated rings. The molecule has 0 saturated carbocycles. The molecule has 2 N–H and O–H groups in total. The van der Waals surface area contributed by atoms with Gasteiger partial charge in [-0.2, -0.15) is 0 Å². The van der Waals surface area contributed by atoms with E-state index in [1.807, 2.05) is 18.2 Å². The number of ether oxygens (including phenoxy) is 2. The van der Waals surface area contributed by atoms with E-state index < -0.39 is 0 Å². The molecule has 0 bridgehead atoms. The van der Waals surface area contributed by atoms with E-state index in [1.165, 1.54) is 11.3 Å². The number of anilines is 1. The number of nitrogens with zero attached hydrogens (tertiary/aromatic N) is 2. The highest BCUT2D eigenvalue weighted by Crippen LogP contribution is 2.48. The summed E-state index contributed by atoms with van der Waals surface area (Å²) in [6.07, 6.45) is 0.816. The topological polar surface area (TPSA) is 77.7 Å². The highest BCUT2D eigenvalue weighted by molar-refractivity contribution is 7.21. The van der Waals surface area contributed by atoms with Crippen molar-refractivity contribution in [3.8, 4) is 22.6 Å². The van der Waals surface area contributed by atoms with Gasteiger partial charge in [-0.25, -0.2) is 4.98 Å². The van der Waals surface area contributed by atoms with Crippen LogP contribution in [0.3, 0.4) is 0 Å². The molecule has 3 heterocycles. The number of para-hydroxylation sites is 1. The highest BCUT2D eigenvalue weighted by atomic mass is 35.5. The first kappa shape index (κ1) is 22.7. The zero-order chi connectivity index (χ0) is 24.0. The van der Waals surface area contributed by atoms with E-state index in [4.69, 9.17) is 31.8 Å². The molecular formula is C26H24ClN3O3S. The summed E-state index contributed by atoms with van der Waals surface area (Å²) in [5.74, 6) is 1.09. The number of pyridine rings is 1. The Morgan fingerprint density at radius 1 is 1.18 bits per heavy atom. The monoisotopic (exact) mass is 493 g/mol. The number of rotatable bonds is 5. The maximum absolute atomic E-state index is 13.4. The first-order chi connectivity index (χ1) is 16.4. The number of methoxy groups -OCH3 is 2. The molecule has 8 heteroatoms. The standard InChI is InChI=1S/C26H24ClN3O3S/c1-30-11-10-18-17(13-30)20(16-8-5-9-19(32-2)24(16)33-3)21-22(28)25(34-26(21)29-18)23(31)14-6-4-7-15(27)12-14/h4-9,12H,10-11,13,28H2,1-3H3. The molecule has 2 aromatic heterocycles. The van der Waals surface area contributed by atoms with Crippen LogP contribution in [0.25, 0.3) is 21.3 Å². The quantitative estimate of drug-likeness (QED) is 0.373. The van der Waals surface area contributed by atoms with Crippen LogP contribution in [0.15, 0.2) is 42.5 Å². The van der Waals surface area contributed by atoms with Crippen molar-refractivity contribution in [2.45, 2.75) is 13.0 Å². The molecule has 6 nitrogen and oxygen atoms in total. The van der Waals surface area contributed by atoms with Crippen LogP contribution in [0, 0.1) is 0 Å². The third kappa shape index (κ3) is 3.70. The van der Waals surface area contributed by atoms with Crippen LogP contribution < -0.4 is 15.2 Å². The molecule has 174 valence electrons. The van der Waals surface area contributed by atoms with Crippen molar-refractivity contribution in [3.63, 3.8) is 0 Å². The van der Waals surface area contributed by atoms with E-state index in [0.717, 1.165) is 52.1 Å². The van der Waals surface area contributed by atoms with E-state index in [2.05, 4.69) is 11.9 Å². The van der Waals surface area contributed by atoms with Crippen LogP contribution in [0.2, 0.25) is 5.02 Å². The number of ketones is 1. The van der Waals surface area contributed by atoms with Crippen molar-refractivity contribution >= 4 is 44.6 Å². The van der Waals surface area contributed by atoms with Crippen molar-refractivity contribution in [2.75, 3.05) is 33.5 Å². The van der Waals surface area contributed by atoms with Crippen molar-refractivity contribution < 1.29 is 14.3 Å². The Morgan fingerprint density at radius 2 is 1.97 bits per heavy atom. The number of thiophene rings is 1. The minimum absolute atomic E-state index is 0.165. The molecule has 0 amide bonds. The molecule has 1 aliphatic rings. The zero-order valence-corrected chi connectivity index (χ0v) is 20.7. The number of benzene rings is 2. The summed E-state index contributed by atoms with van der Waals surface area (Å²) >= 11 is 7.46. The number of nitrogen functional groups attached to an aromatic ring is 1. The zero-order valence-electron chi connectivity index (χ0n) is 19.1. The summed E-state index contributed by atoms with van der Waals surface area (Å²) in [6, 6.07) is 12.7. The minimum atomic E-state index is -0.165. The number of hydrogen-bond acceptors (Lipinski definition) is 7. The normalized spacial score (nSPS) is 13.6. The van der Waals surface area contributed by atoms with Gasteiger partial charge in [0.15, 0.2) is 11.5 Å². The van der Waals surface area contributed by atoms with Gasteiger partial charge in [-0.15, -0.1) is 11.3 Å². The van der Waals surface area contributed by atoms with Crippen LogP contribution in [0.1, 0.15) is 26.5 Å². The van der Waals surface area contributed by atoms with Gasteiger partial charge in [0.1, 0.15) is 9.71 Å². The average molecular weight is 494 g/mol. The van der Waals surface area contributed by atoms with Crippen LogP contribution in [-0.2, 0) is 13.0 Å². The Hall–Kier alpha value is -3.13. The Labute approximate surface area is 206 Å². The number of fused-ring (bicyclic) bond motifs is 2. The lowest BCUT2D eigenvalue weighted by Gasteiger charge is -2.27. The lowest BCUT2D eigenvalue weighted by Crippen LogP contribution is -2.28. The highest BCUT2D eigenvalue weighted by Gasteiger charge is 2.29. The smallest absolute Gasteiger partial charge is 0.205 e. The van der Waals surface area contributed by atoms with Crippen molar-refractivity contribution in [2.24, 2.45) is 0 Å². The van der Waals surface area contributed by atoms with Gasteiger partial charge in [0.05, 0.1) is 19.9 Å². The van der Waals surface area contributed by atoms with Crippen molar-refractivity contribution in [1.29, 1.82) is 0 Å². The molecule has 0 saturated heterocycles. The maximum Gasteiger partial charge on any atom is 0.205 e. The van der Waals surface area contributed by atoms with Gasteiger partial charge in [0.2, 0.25) is 5.78 Å². The Balaban J connectivity index is 1.82. The van der Waals surface area contributed by atoms with E-state index in [9.17, 15) is 4.79 Å². The second kappa shape index (κ2) is 8.91. The van der Waals surface area contributed by atoms with Crippen LogP contribution in [0.4, 0.5) is 5.69 Å². The summed E-state index contributed by atoms with van der Waals surface area (Å²) in [6.45, 7) is 1.64. The molecule has 0 spiro atoms. The molecule has 0 atom stereocenters. The average Bonchev–Trinajstić information content (AvgIpc) is 3.17. The Kier molecular flexibility index (Phi) is 5.93. The SMILES string of the molecule is COc1cccc(-c2c3c(nc4sc(C(=O)c5cccc(Cl)c5)c(N)c24)CCN(C)C3)c1OC. The molecule has 4 aromatic rings. The van der Waals surface area contributed by atoms with Gasteiger partial charge >= 0.3 is 0 Å². The molecule has 5 rings (SSSR count). The molecule has 0 radical (unpaired) electrons. The number of halogens is 1. The third-order valence-electron chi connectivity index (χ3n) is 6.19. The number of carbonyl (C=O) groups excluding carboxylic acids is 1. The maximum atomic E-state index is 13.4. The number of aromatic nitrogens is 1. The summed E-state index contributed by atoms with van der Waals surface area (Å²) < 4.78 is 11.4. The lowest BCUT2D eigenvalue weighted by molar-refractivity contribution is 0.104. The number of hydrogen-bond donors (Lipinski definition) is 1. The second-order valence-corrected chi connectivity index (χ2v) is 9.74. The number of nitrogens with two attached hydrogens (primary N) is 1.